The van der Waals surface area contributed by atoms with Crippen molar-refractivity contribution in [1.82, 2.24) is 35.2 Å². The first kappa shape index (κ1) is 54.0. The number of amides is 2. The number of hydrogen-bond acceptors (Lipinski definition) is 10. The first-order valence-corrected chi connectivity index (χ1v) is 25.7. The molecule has 2 aliphatic carbocycles. The van der Waals surface area contributed by atoms with Crippen LogP contribution in [0.5, 0.6) is 0 Å². The predicted octanol–water partition coefficient (Wildman–Crippen LogP) is 7.83. The molecule has 5 aromatic rings. The fourth-order valence-corrected chi connectivity index (χ4v) is 10.0. The molecule has 388 valence electrons. The van der Waals surface area contributed by atoms with Gasteiger partial charge >= 0.3 is 12.4 Å². The van der Waals surface area contributed by atoms with Crippen molar-refractivity contribution < 1.29 is 70.3 Å². The number of benzene rings is 2. The summed E-state index contributed by atoms with van der Waals surface area (Å²) in [5, 5.41) is 11.6. The van der Waals surface area contributed by atoms with Gasteiger partial charge in [0.1, 0.15) is 40.9 Å². The van der Waals surface area contributed by atoms with Gasteiger partial charge in [-0.05, 0) is 87.4 Å². The number of hydrogen-bond donors (Lipinski definition) is 2. The lowest BCUT2D eigenvalue weighted by Gasteiger charge is -2.26. The third-order valence-electron chi connectivity index (χ3n) is 12.3. The highest BCUT2D eigenvalue weighted by Crippen LogP contribution is 2.68. The summed E-state index contributed by atoms with van der Waals surface area (Å²) in [5.41, 5.74) is -5.70. The SMILES string of the molecule is CN[C@H](C(=O)N(c1nn(CC(F)(F)F)c2c(-c3ccc(C#CC(C)(C)S(C)(=O)=O)nc3[C@H](Cc3cc(F)cc(F)c3)NC(=O)Cn3nc(C(F)(F)F)c4c3C(F)(F)[C@@H]3C[C@H]43)ccc(Cl)c12)S(C)(=O)=O)C(C)C. The van der Waals surface area contributed by atoms with E-state index in [1.54, 1.807) is 13.8 Å². The van der Waals surface area contributed by atoms with Crippen LogP contribution in [0.1, 0.15) is 80.0 Å². The molecule has 1 fully saturated rings. The quantitative estimate of drug-likeness (QED) is 0.0823. The molecule has 3 heterocycles. The number of nitrogens with zero attached hydrogens (tertiary/aromatic N) is 6. The Morgan fingerprint density at radius 1 is 0.944 bits per heavy atom. The zero-order valence-electron chi connectivity index (χ0n) is 38.9. The maximum atomic E-state index is 15.6. The van der Waals surface area contributed by atoms with Crippen molar-refractivity contribution in [1.29, 1.82) is 0 Å². The third kappa shape index (κ3) is 10.5. The molecule has 72 heavy (non-hydrogen) atoms. The van der Waals surface area contributed by atoms with Crippen LogP contribution in [-0.4, -0.2) is 89.7 Å². The molecular weight excluding hydrogens is 1040 g/mol. The lowest BCUT2D eigenvalue weighted by Crippen LogP contribution is -2.50. The van der Waals surface area contributed by atoms with Crippen molar-refractivity contribution in [2.24, 2.45) is 11.8 Å². The van der Waals surface area contributed by atoms with Crippen LogP contribution in [0.3, 0.4) is 0 Å². The molecule has 2 aliphatic rings. The zero-order valence-corrected chi connectivity index (χ0v) is 41.3. The standard InChI is InChI=1S/C45H43ClF10N8O6S2/c1-21(2)35(57-5)41(66)64(72(7,69)70)40-34-30(46)11-10-27(37(34)63(61-40)20-43(49,50)51)26-9-8-25(12-13-42(3,4)71(6,67)68)58-36(26)31(16-22-14-23(47)17-24(48)15-22)59-32(65)19-62-39-33(38(60-62)45(54,55)56)28-18-29(28)44(39,52)53/h8-11,14-15,17,21,28-29,31,35,57H,16,18-20H2,1-7H3,(H,59,65)/t28-,29+,31-,35-/m0/s1. The van der Waals surface area contributed by atoms with Crippen molar-refractivity contribution in [2.75, 3.05) is 23.9 Å². The minimum absolute atomic E-state index is 0.186. The van der Waals surface area contributed by atoms with Gasteiger partial charge in [-0.2, -0.15) is 49.6 Å². The number of rotatable bonds is 14. The molecule has 0 spiro atoms. The van der Waals surface area contributed by atoms with E-state index in [0.717, 1.165) is 30.5 Å². The second kappa shape index (κ2) is 18.6. The number of pyridine rings is 1. The maximum Gasteiger partial charge on any atom is 0.435 e. The molecule has 2 N–H and O–H groups in total. The van der Waals surface area contributed by atoms with Crippen LogP contribution in [0.15, 0.2) is 42.5 Å². The van der Waals surface area contributed by atoms with Gasteiger partial charge in [0.05, 0.1) is 40.0 Å². The third-order valence-corrected chi connectivity index (χ3v) is 15.6. The molecule has 0 aliphatic heterocycles. The largest absolute Gasteiger partial charge is 0.435 e. The van der Waals surface area contributed by atoms with Gasteiger partial charge < -0.3 is 10.6 Å². The van der Waals surface area contributed by atoms with Crippen LogP contribution in [0.25, 0.3) is 22.0 Å². The maximum absolute atomic E-state index is 15.6. The fraction of sp³-hybridized carbons (Fsp3) is 0.444. The second-order valence-corrected chi connectivity index (χ2v) is 23.2. The summed E-state index contributed by atoms with van der Waals surface area (Å²) in [6, 6.07) is 3.69. The molecule has 0 saturated heterocycles. The van der Waals surface area contributed by atoms with Crippen LogP contribution in [0, 0.1) is 35.3 Å². The summed E-state index contributed by atoms with van der Waals surface area (Å²) in [6.45, 7) is 2.38. The van der Waals surface area contributed by atoms with E-state index < -0.39 is 160 Å². The van der Waals surface area contributed by atoms with Gasteiger partial charge in [-0.3, -0.25) is 19.0 Å². The van der Waals surface area contributed by atoms with Gasteiger partial charge in [-0.1, -0.05) is 37.4 Å². The van der Waals surface area contributed by atoms with E-state index >= 15 is 8.78 Å². The summed E-state index contributed by atoms with van der Waals surface area (Å²) < 4.78 is 199. The molecular formula is C45H43ClF10N8O6S2. The number of nitrogens with one attached hydrogen (secondary N) is 2. The minimum Gasteiger partial charge on any atom is -0.346 e. The first-order valence-electron chi connectivity index (χ1n) is 21.6. The van der Waals surface area contributed by atoms with Crippen molar-refractivity contribution in [2.45, 2.75) is 94.6 Å². The Morgan fingerprint density at radius 3 is 2.12 bits per heavy atom. The topological polar surface area (TPSA) is 178 Å². The monoisotopic (exact) mass is 1080 g/mol. The molecule has 7 rings (SSSR count). The number of likely N-dealkylation sites (N-methyl/N-ethyl adjacent to an activating group) is 1. The molecule has 4 atom stereocenters. The molecule has 14 nitrogen and oxygen atoms in total. The molecule has 0 unspecified atom stereocenters. The lowest BCUT2D eigenvalue weighted by molar-refractivity contribution is -0.143. The Labute approximate surface area is 410 Å². The summed E-state index contributed by atoms with van der Waals surface area (Å²) in [6.07, 6.45) is -9.79. The molecule has 27 heteroatoms. The van der Waals surface area contributed by atoms with Crippen LogP contribution in [0.4, 0.5) is 49.7 Å². The highest BCUT2D eigenvalue weighted by Gasteiger charge is 2.68. The average Bonchev–Trinajstić information content (AvgIpc) is 3.74. The number of aromatic nitrogens is 5. The summed E-state index contributed by atoms with van der Waals surface area (Å²) >= 11 is 6.69. The van der Waals surface area contributed by atoms with E-state index in [4.69, 9.17) is 11.6 Å². The van der Waals surface area contributed by atoms with Crippen molar-refractivity contribution in [3.05, 3.63) is 93.0 Å². The Balaban J connectivity index is 1.50. The Kier molecular flexibility index (Phi) is 14.0. The van der Waals surface area contributed by atoms with Gasteiger partial charge in [0.15, 0.2) is 21.3 Å². The van der Waals surface area contributed by atoms with Crippen LogP contribution in [-0.2, 0) is 61.1 Å². The minimum atomic E-state index is -5.22. The van der Waals surface area contributed by atoms with E-state index in [1.165, 1.54) is 33.0 Å². The number of anilines is 1. The lowest BCUT2D eigenvalue weighted by atomic mass is 9.93. The fourth-order valence-electron chi connectivity index (χ4n) is 8.69. The number of carbonyl (C=O) groups excluding carboxylic acids is 2. The van der Waals surface area contributed by atoms with Gasteiger partial charge in [-0.25, -0.2) is 30.6 Å². The van der Waals surface area contributed by atoms with E-state index in [-0.39, 0.29) is 37.8 Å². The molecule has 1 saturated carbocycles. The number of carbonyl (C=O) groups is 2. The molecule has 2 amide bonds. The van der Waals surface area contributed by atoms with E-state index in [2.05, 4.69) is 37.7 Å². The normalized spacial score (nSPS) is 17.5. The number of sulfone groups is 1. The molecule has 2 aromatic carbocycles. The first-order chi connectivity index (χ1) is 33.0. The number of sulfonamides is 1. The number of alkyl halides is 8. The highest BCUT2D eigenvalue weighted by molar-refractivity contribution is 7.93. The highest BCUT2D eigenvalue weighted by atomic mass is 35.5. The summed E-state index contributed by atoms with van der Waals surface area (Å²) in [5.74, 6) is -7.60. The predicted molar refractivity (Wildman–Crippen MR) is 243 cm³/mol. The number of fused-ring (bicyclic) bond motifs is 4. The zero-order chi connectivity index (χ0) is 53.6. The van der Waals surface area contributed by atoms with Gasteiger partial charge in [0.25, 0.3) is 11.8 Å². The molecule has 0 bridgehead atoms. The van der Waals surface area contributed by atoms with Gasteiger partial charge in [-0.15, -0.1) is 0 Å². The Morgan fingerprint density at radius 2 is 1.57 bits per heavy atom. The summed E-state index contributed by atoms with van der Waals surface area (Å²) in [4.78, 5) is 32.8. The van der Waals surface area contributed by atoms with Gasteiger partial charge in [0.2, 0.25) is 15.9 Å². The molecule has 0 radical (unpaired) electrons. The van der Waals surface area contributed by atoms with E-state index in [9.17, 15) is 61.5 Å². The van der Waals surface area contributed by atoms with Crippen molar-refractivity contribution >= 4 is 60.0 Å². The number of halogens is 11. The second-order valence-electron chi connectivity index (χ2n) is 18.4. The van der Waals surface area contributed by atoms with E-state index in [1.807, 2.05) is 0 Å². The smallest absolute Gasteiger partial charge is 0.346 e. The van der Waals surface area contributed by atoms with Crippen molar-refractivity contribution in [3.8, 4) is 23.0 Å². The van der Waals surface area contributed by atoms with Gasteiger partial charge in [0, 0.05) is 34.9 Å². The Bertz CT molecular complexity index is 3310. The Hall–Kier alpha value is -5.78. The summed E-state index contributed by atoms with van der Waals surface area (Å²) in [7, 11) is -7.30. The van der Waals surface area contributed by atoms with Crippen molar-refractivity contribution in [3.63, 3.8) is 0 Å². The van der Waals surface area contributed by atoms with E-state index in [0.29, 0.717) is 17.0 Å². The van der Waals surface area contributed by atoms with Crippen LogP contribution in [0.2, 0.25) is 5.02 Å². The van der Waals surface area contributed by atoms with Crippen LogP contribution < -0.4 is 14.9 Å². The molecule has 3 aromatic heterocycles. The average molecular weight is 1080 g/mol. The van der Waals surface area contributed by atoms with Crippen LogP contribution >= 0.6 is 11.6 Å².